The number of fused-ring (bicyclic) bond motifs is 6. The van der Waals surface area contributed by atoms with Gasteiger partial charge in [0.1, 0.15) is 11.2 Å². The fourth-order valence-corrected chi connectivity index (χ4v) is 17.3. The zero-order valence-corrected chi connectivity index (χ0v) is 64.5. The first-order valence-electron chi connectivity index (χ1n) is 38.4. The third-order valence-corrected chi connectivity index (χ3v) is 23.2. The maximum atomic E-state index is 14.0. The molecule has 0 heterocycles. The molecule has 546 valence electrons. The first-order valence-corrected chi connectivity index (χ1v) is 39.5. The molecule has 17 aromatic rings. The number of carbonyl (C=O) groups excluding carboxylic acids is 2. The Balaban J connectivity index is 0.000000131. The van der Waals surface area contributed by atoms with Crippen molar-refractivity contribution >= 4 is 62.8 Å². The molecular formula is C108H78INO4. The van der Waals surface area contributed by atoms with E-state index in [9.17, 15) is 19.8 Å². The van der Waals surface area contributed by atoms with Crippen molar-refractivity contribution in [3.63, 3.8) is 0 Å². The first kappa shape index (κ1) is 73.3. The number of ketones is 2. The van der Waals surface area contributed by atoms with E-state index >= 15 is 0 Å². The average Bonchev–Trinajstić information content (AvgIpc) is 0.682. The number of nitrogens with two attached hydrogens (primary N) is 1. The Labute approximate surface area is 678 Å². The lowest BCUT2D eigenvalue weighted by molar-refractivity contribution is -0.0602. The quantitative estimate of drug-likeness (QED) is 0.0936. The Morgan fingerprint density at radius 1 is 0.228 bits per heavy atom. The lowest BCUT2D eigenvalue weighted by Crippen LogP contribution is -2.56. The molecule has 4 atom stereocenters. The van der Waals surface area contributed by atoms with E-state index < -0.39 is 23.0 Å². The summed E-state index contributed by atoms with van der Waals surface area (Å²) < 4.78 is 1.28. The maximum Gasteiger partial charge on any atom is 0.194 e. The van der Waals surface area contributed by atoms with Crippen LogP contribution in [0.2, 0.25) is 0 Å². The van der Waals surface area contributed by atoms with E-state index in [1.165, 1.54) is 37.0 Å². The van der Waals surface area contributed by atoms with Crippen LogP contribution in [0.5, 0.6) is 0 Å². The Bertz CT molecular complexity index is 6110. The number of nitrogen functional groups attached to an aromatic ring is 1. The molecule has 0 aromatic heterocycles. The Morgan fingerprint density at radius 3 is 0.868 bits per heavy atom. The second-order valence-electron chi connectivity index (χ2n) is 29.0. The number of hydrogen-bond donors (Lipinski definition) is 3. The molecule has 0 bridgehead atoms. The van der Waals surface area contributed by atoms with Crippen molar-refractivity contribution in [3.05, 3.63) is 483 Å². The molecule has 20 rings (SSSR count). The first-order chi connectivity index (χ1) is 56.0. The molecule has 0 radical (unpaired) electrons. The van der Waals surface area contributed by atoms with Crippen molar-refractivity contribution in [1.82, 2.24) is 0 Å². The van der Waals surface area contributed by atoms with Crippen molar-refractivity contribution in [2.45, 2.75) is 11.2 Å². The highest BCUT2D eigenvalue weighted by atomic mass is 127. The zero-order valence-electron chi connectivity index (χ0n) is 62.4. The van der Waals surface area contributed by atoms with Gasteiger partial charge in [0, 0.05) is 48.9 Å². The van der Waals surface area contributed by atoms with Gasteiger partial charge in [-0.15, -0.1) is 0 Å². The second-order valence-corrected chi connectivity index (χ2v) is 30.1. The summed E-state index contributed by atoms with van der Waals surface area (Å²) in [4.78, 5) is 25.1. The summed E-state index contributed by atoms with van der Waals surface area (Å²) >= 11 is 2.40. The van der Waals surface area contributed by atoms with E-state index in [-0.39, 0.29) is 11.6 Å². The standard InChI is InChI=1S/C54H40O2.C18H13I.C18H15N.C18H10O2/c55-53(47-31-29-43(37-17-5-1-6-18-37)33-45(47)39-21-9-3-10-22-39)49-27-15-16-28-50(49)54(56,52-36-42-26-14-13-25-41(42)35-51(52)53)48-32-30-44(38-19-7-2-8-20-38)34-46(48)40-23-11-4-12-24-40;2*19-18-12-11-16(14-7-3-1-4-8-14)13-17(18)15-9-5-2-6-10-15;19-17-13-7-3-4-8-14(13)18(20)16-10-12-6-2-1-5-11(12)9-15(16)17/h1-36,51-52,55-56H;1-13H;1-13H,19H2;1-10H. The molecule has 0 saturated carbocycles. The fraction of sp³-hybridized carbons (Fsp3) is 0.0370. The highest BCUT2D eigenvalue weighted by Crippen LogP contribution is 2.60. The molecule has 0 fully saturated rings. The van der Waals surface area contributed by atoms with Gasteiger partial charge in [-0.3, -0.25) is 9.59 Å². The van der Waals surface area contributed by atoms with E-state index in [1.807, 2.05) is 146 Å². The van der Waals surface area contributed by atoms with E-state index in [0.29, 0.717) is 33.4 Å². The Morgan fingerprint density at radius 2 is 0.500 bits per heavy atom. The Kier molecular flexibility index (Phi) is 20.9. The number of aliphatic hydroxyl groups is 2. The molecule has 4 unspecified atom stereocenters. The number of halogens is 1. The Hall–Kier alpha value is -13.5. The minimum atomic E-state index is -1.52. The maximum absolute atomic E-state index is 14.0. The zero-order chi connectivity index (χ0) is 77.5. The third kappa shape index (κ3) is 14.5. The van der Waals surface area contributed by atoms with Crippen LogP contribution in [0.4, 0.5) is 5.69 Å². The van der Waals surface area contributed by atoms with Crippen molar-refractivity contribution < 1.29 is 19.8 Å². The van der Waals surface area contributed by atoms with Gasteiger partial charge in [-0.2, -0.15) is 0 Å². The summed E-state index contributed by atoms with van der Waals surface area (Å²) in [6, 6.07) is 144. The van der Waals surface area contributed by atoms with Gasteiger partial charge in [-0.05, 0) is 198 Å². The summed E-state index contributed by atoms with van der Waals surface area (Å²) in [5.74, 6) is -1.22. The van der Waals surface area contributed by atoms with Crippen LogP contribution in [0.15, 0.2) is 425 Å². The highest BCUT2D eigenvalue weighted by Gasteiger charge is 2.59. The fourth-order valence-electron chi connectivity index (χ4n) is 16.6. The molecule has 3 aliphatic rings. The van der Waals surface area contributed by atoms with Crippen LogP contribution >= 0.6 is 22.6 Å². The van der Waals surface area contributed by atoms with Gasteiger partial charge >= 0.3 is 0 Å². The molecule has 0 saturated heterocycles. The molecule has 114 heavy (non-hydrogen) atoms. The molecule has 0 spiro atoms. The monoisotopic (exact) mass is 1580 g/mol. The minimum absolute atomic E-state index is 0.0686. The van der Waals surface area contributed by atoms with Crippen molar-refractivity contribution in [2.75, 3.05) is 5.73 Å². The number of rotatable bonds is 10. The van der Waals surface area contributed by atoms with E-state index in [2.05, 4.69) is 290 Å². The van der Waals surface area contributed by atoms with Crippen molar-refractivity contribution in [2.24, 2.45) is 11.8 Å². The summed E-state index contributed by atoms with van der Waals surface area (Å²) in [6.45, 7) is 0. The minimum Gasteiger partial charge on any atom is -0.398 e. The van der Waals surface area contributed by atoms with Crippen LogP contribution in [0, 0.1) is 15.4 Å². The molecule has 5 nitrogen and oxygen atoms in total. The van der Waals surface area contributed by atoms with Gasteiger partial charge in [0.2, 0.25) is 0 Å². The van der Waals surface area contributed by atoms with Crippen molar-refractivity contribution in [1.29, 1.82) is 0 Å². The highest BCUT2D eigenvalue weighted by molar-refractivity contribution is 14.1. The third-order valence-electron chi connectivity index (χ3n) is 22.3. The topological polar surface area (TPSA) is 101 Å². The van der Waals surface area contributed by atoms with E-state index in [1.54, 1.807) is 24.3 Å². The predicted octanol–water partition coefficient (Wildman–Crippen LogP) is 24.2. The molecule has 0 aliphatic heterocycles. The van der Waals surface area contributed by atoms with Crippen LogP contribution in [-0.2, 0) is 11.2 Å². The normalized spacial score (nSPS) is 16.0. The van der Waals surface area contributed by atoms with Gasteiger partial charge in [-0.1, -0.05) is 388 Å². The van der Waals surface area contributed by atoms with Gasteiger partial charge in [0.15, 0.2) is 11.6 Å². The molecular weight excluding hydrogens is 1500 g/mol. The lowest BCUT2D eigenvalue weighted by atomic mass is 9.54. The molecule has 3 aliphatic carbocycles. The smallest absolute Gasteiger partial charge is 0.194 e. The lowest BCUT2D eigenvalue weighted by Gasteiger charge is -2.53. The van der Waals surface area contributed by atoms with Gasteiger partial charge in [0.25, 0.3) is 0 Å². The van der Waals surface area contributed by atoms with Gasteiger partial charge in [0.05, 0.1) is 0 Å². The molecule has 0 amide bonds. The SMILES string of the molecule is Ic1ccc(-c2ccccc2)cc1-c1ccccc1.Nc1ccc(-c2ccccc2)cc1-c1ccccc1.O=C1c2ccccc2C(=O)c2cc3ccccc3cc21.OC1(c2ccc(-c3ccccc3)cc2-c2ccccc2)c2ccccc2C(O)(c2ccc(-c3ccccc3)cc2-c2ccccc2)C2C=c3ccccc3=CC21. The van der Waals surface area contributed by atoms with Crippen LogP contribution in [0.3, 0.4) is 0 Å². The summed E-state index contributed by atoms with van der Waals surface area (Å²) in [5, 5.41) is 32.1. The second kappa shape index (κ2) is 32.5. The average molecular weight is 1580 g/mol. The van der Waals surface area contributed by atoms with Crippen LogP contribution in [0.1, 0.15) is 54.1 Å². The summed E-state index contributed by atoms with van der Waals surface area (Å²) in [6.07, 6.45) is 4.42. The van der Waals surface area contributed by atoms with Crippen LogP contribution in [-0.4, -0.2) is 21.8 Å². The van der Waals surface area contributed by atoms with Crippen LogP contribution < -0.4 is 16.2 Å². The van der Waals surface area contributed by atoms with E-state index in [0.717, 1.165) is 93.7 Å². The van der Waals surface area contributed by atoms with Crippen molar-refractivity contribution in [3.8, 4) is 89.0 Å². The number of benzene rings is 17. The number of hydrogen-bond acceptors (Lipinski definition) is 5. The van der Waals surface area contributed by atoms with Gasteiger partial charge in [-0.25, -0.2) is 0 Å². The van der Waals surface area contributed by atoms with Crippen LogP contribution in [0.25, 0.3) is 112 Å². The number of anilines is 1. The largest absolute Gasteiger partial charge is 0.398 e. The number of carbonyl (C=O) groups is 2. The predicted molar refractivity (Wildman–Crippen MR) is 478 cm³/mol. The molecule has 4 N–H and O–H groups in total. The summed E-state index contributed by atoms with van der Waals surface area (Å²) in [7, 11) is 0. The summed E-state index contributed by atoms with van der Waals surface area (Å²) in [5.41, 5.74) is 26.9. The van der Waals surface area contributed by atoms with E-state index in [4.69, 9.17) is 5.73 Å². The molecule has 17 aromatic carbocycles. The van der Waals surface area contributed by atoms with Gasteiger partial charge < -0.3 is 15.9 Å². The molecule has 6 heteroatoms.